The Hall–Kier alpha value is -1.10. The van der Waals surface area contributed by atoms with Crippen LogP contribution in [0.2, 0.25) is 0 Å². The number of nitrogens with one attached hydrogen (secondary N) is 1. The summed E-state index contributed by atoms with van der Waals surface area (Å²) in [5.74, 6) is 2.56. The highest BCUT2D eigenvalue weighted by Crippen LogP contribution is 2.22. The molecular formula is C12H15N3O2S2. The highest BCUT2D eigenvalue weighted by atomic mass is 32.2. The van der Waals surface area contributed by atoms with Gasteiger partial charge in [-0.3, -0.25) is 0 Å². The van der Waals surface area contributed by atoms with Crippen molar-refractivity contribution in [2.75, 3.05) is 18.1 Å². The van der Waals surface area contributed by atoms with Crippen molar-refractivity contribution in [1.82, 2.24) is 9.71 Å². The van der Waals surface area contributed by atoms with Crippen LogP contribution in [0, 0.1) is 17.2 Å². The van der Waals surface area contributed by atoms with Gasteiger partial charge in [-0.15, -0.1) is 0 Å². The average molecular weight is 297 g/mol. The molecular weight excluding hydrogens is 282 g/mol. The third kappa shape index (κ3) is 3.69. The molecule has 7 heteroatoms. The van der Waals surface area contributed by atoms with Gasteiger partial charge in [0.15, 0.2) is 5.69 Å². The Kier molecular flexibility index (Phi) is 4.80. The van der Waals surface area contributed by atoms with Gasteiger partial charge in [-0.2, -0.15) is 17.0 Å². The average Bonchev–Trinajstić information content (AvgIpc) is 2.46. The first-order valence-corrected chi connectivity index (χ1v) is 8.70. The van der Waals surface area contributed by atoms with Crippen LogP contribution in [0.1, 0.15) is 18.5 Å². The first kappa shape index (κ1) is 14.3. The number of pyridine rings is 1. The topological polar surface area (TPSA) is 82.8 Å². The molecule has 1 N–H and O–H groups in total. The van der Waals surface area contributed by atoms with Crippen LogP contribution in [0.4, 0.5) is 0 Å². The Morgan fingerprint density at radius 1 is 1.47 bits per heavy atom. The second-order valence-corrected chi connectivity index (χ2v) is 7.33. The molecule has 2 heterocycles. The lowest BCUT2D eigenvalue weighted by molar-refractivity contribution is 0.476. The van der Waals surface area contributed by atoms with E-state index in [0.29, 0.717) is 12.5 Å². The van der Waals surface area contributed by atoms with E-state index in [1.165, 1.54) is 18.3 Å². The molecule has 0 aliphatic carbocycles. The lowest BCUT2D eigenvalue weighted by atomic mass is 10.0. The van der Waals surface area contributed by atoms with Gasteiger partial charge in [0.1, 0.15) is 11.0 Å². The zero-order valence-electron chi connectivity index (χ0n) is 10.4. The molecule has 1 aromatic heterocycles. The normalized spacial score (nSPS) is 17.0. The van der Waals surface area contributed by atoms with Gasteiger partial charge in [-0.1, -0.05) is 0 Å². The van der Waals surface area contributed by atoms with E-state index in [1.807, 2.05) is 11.8 Å². The summed E-state index contributed by atoms with van der Waals surface area (Å²) in [6.07, 6.45) is 3.48. The molecule has 1 aromatic rings. The van der Waals surface area contributed by atoms with E-state index < -0.39 is 10.0 Å². The monoisotopic (exact) mass is 297 g/mol. The predicted octanol–water partition coefficient (Wildman–Crippen LogP) is 1.37. The third-order valence-electron chi connectivity index (χ3n) is 3.07. The van der Waals surface area contributed by atoms with Gasteiger partial charge in [0.25, 0.3) is 0 Å². The second-order valence-electron chi connectivity index (χ2n) is 4.37. The van der Waals surface area contributed by atoms with Gasteiger partial charge in [-0.25, -0.2) is 18.1 Å². The third-order valence-corrected chi connectivity index (χ3v) is 5.57. The number of thioether (sulfide) groups is 1. The van der Waals surface area contributed by atoms with E-state index in [0.717, 1.165) is 24.3 Å². The molecule has 1 aliphatic heterocycles. The summed E-state index contributed by atoms with van der Waals surface area (Å²) in [5.41, 5.74) is -0.0609. The maximum Gasteiger partial charge on any atom is 0.243 e. The maximum atomic E-state index is 12.1. The quantitative estimate of drug-likeness (QED) is 0.907. The first-order valence-electron chi connectivity index (χ1n) is 6.06. The number of sulfonamides is 1. The van der Waals surface area contributed by atoms with Crippen molar-refractivity contribution in [3.63, 3.8) is 0 Å². The molecule has 1 fully saturated rings. The van der Waals surface area contributed by atoms with Crippen molar-refractivity contribution >= 4 is 21.8 Å². The first-order chi connectivity index (χ1) is 9.13. The fourth-order valence-electron chi connectivity index (χ4n) is 1.95. The summed E-state index contributed by atoms with van der Waals surface area (Å²) in [6, 6.07) is 4.73. The largest absolute Gasteiger partial charge is 0.244 e. The molecule has 0 radical (unpaired) electrons. The zero-order valence-corrected chi connectivity index (χ0v) is 12.0. The van der Waals surface area contributed by atoms with Crippen LogP contribution in [-0.4, -0.2) is 31.5 Å². The highest BCUT2D eigenvalue weighted by molar-refractivity contribution is 7.99. The number of rotatable bonds is 4. The van der Waals surface area contributed by atoms with Gasteiger partial charge in [0.05, 0.1) is 0 Å². The zero-order chi connectivity index (χ0) is 13.7. The summed E-state index contributed by atoms with van der Waals surface area (Å²) >= 11 is 1.90. The summed E-state index contributed by atoms with van der Waals surface area (Å²) in [6.45, 7) is 0.433. The van der Waals surface area contributed by atoms with Crippen LogP contribution in [0.25, 0.3) is 0 Å². The minimum atomic E-state index is -3.64. The Morgan fingerprint density at radius 2 is 2.21 bits per heavy atom. The van der Waals surface area contributed by atoms with Gasteiger partial charge in [0.2, 0.25) is 10.0 Å². The number of nitriles is 1. The molecule has 0 atom stereocenters. The Bertz CT molecular complexity index is 575. The predicted molar refractivity (Wildman–Crippen MR) is 74.2 cm³/mol. The molecule has 5 nitrogen and oxygen atoms in total. The van der Waals surface area contributed by atoms with Crippen molar-refractivity contribution in [3.8, 4) is 6.07 Å². The summed E-state index contributed by atoms with van der Waals surface area (Å²) in [4.78, 5) is 3.74. The molecule has 0 bridgehead atoms. The molecule has 0 unspecified atom stereocenters. The van der Waals surface area contributed by atoms with E-state index in [1.54, 1.807) is 6.07 Å². The molecule has 1 saturated heterocycles. The molecule has 0 amide bonds. The molecule has 0 saturated carbocycles. The van der Waals surface area contributed by atoms with Crippen molar-refractivity contribution in [2.45, 2.75) is 17.7 Å². The standard InChI is InChI=1S/C12H15N3O2S2/c13-8-11-12(2-1-5-14-11)19(16,17)15-9-10-3-6-18-7-4-10/h1-2,5,10,15H,3-4,6-7,9H2. The summed E-state index contributed by atoms with van der Waals surface area (Å²) < 4.78 is 26.9. The van der Waals surface area contributed by atoms with Crippen molar-refractivity contribution in [3.05, 3.63) is 24.0 Å². The van der Waals surface area contributed by atoms with Gasteiger partial charge in [0, 0.05) is 12.7 Å². The Balaban J connectivity index is 2.07. The Morgan fingerprint density at radius 3 is 2.89 bits per heavy atom. The lowest BCUT2D eigenvalue weighted by Crippen LogP contribution is -2.31. The molecule has 1 aliphatic rings. The minimum Gasteiger partial charge on any atom is -0.244 e. The molecule has 2 rings (SSSR count). The van der Waals surface area contributed by atoms with Crippen LogP contribution in [-0.2, 0) is 10.0 Å². The van der Waals surface area contributed by atoms with Crippen LogP contribution in [0.15, 0.2) is 23.2 Å². The molecule has 19 heavy (non-hydrogen) atoms. The smallest absolute Gasteiger partial charge is 0.243 e. The number of nitrogens with zero attached hydrogens (tertiary/aromatic N) is 2. The van der Waals surface area contributed by atoms with Gasteiger partial charge >= 0.3 is 0 Å². The van der Waals surface area contributed by atoms with Gasteiger partial charge < -0.3 is 0 Å². The number of aromatic nitrogens is 1. The molecule has 102 valence electrons. The van der Waals surface area contributed by atoms with Crippen molar-refractivity contribution in [2.24, 2.45) is 5.92 Å². The summed E-state index contributed by atoms with van der Waals surface area (Å²) in [7, 11) is -3.64. The number of hydrogen-bond donors (Lipinski definition) is 1. The van der Waals surface area contributed by atoms with Crippen LogP contribution in [0.3, 0.4) is 0 Å². The minimum absolute atomic E-state index is 0.0392. The number of hydrogen-bond acceptors (Lipinski definition) is 5. The van der Waals surface area contributed by atoms with Crippen molar-refractivity contribution in [1.29, 1.82) is 5.26 Å². The van der Waals surface area contributed by atoms with Crippen LogP contribution in [0.5, 0.6) is 0 Å². The fraction of sp³-hybridized carbons (Fsp3) is 0.500. The Labute approximate surface area is 117 Å². The van der Waals surface area contributed by atoms with E-state index >= 15 is 0 Å². The van der Waals surface area contributed by atoms with E-state index in [-0.39, 0.29) is 10.6 Å². The summed E-state index contributed by atoms with van der Waals surface area (Å²) in [5, 5.41) is 8.89. The van der Waals surface area contributed by atoms with E-state index in [4.69, 9.17) is 5.26 Å². The second kappa shape index (κ2) is 6.37. The molecule has 0 spiro atoms. The van der Waals surface area contributed by atoms with Crippen molar-refractivity contribution < 1.29 is 8.42 Å². The van der Waals surface area contributed by atoms with E-state index in [2.05, 4.69) is 9.71 Å². The van der Waals surface area contributed by atoms with Crippen LogP contribution >= 0.6 is 11.8 Å². The van der Waals surface area contributed by atoms with Crippen LogP contribution < -0.4 is 4.72 Å². The van der Waals surface area contributed by atoms with E-state index in [9.17, 15) is 8.42 Å². The SMILES string of the molecule is N#Cc1ncccc1S(=O)(=O)NCC1CCSCC1. The van der Waals surface area contributed by atoms with Gasteiger partial charge in [-0.05, 0) is 42.4 Å². The fourth-order valence-corrected chi connectivity index (χ4v) is 4.37. The highest BCUT2D eigenvalue weighted by Gasteiger charge is 2.21. The maximum absolute atomic E-state index is 12.1. The molecule has 0 aromatic carbocycles. The lowest BCUT2D eigenvalue weighted by Gasteiger charge is -2.21.